The number of amides is 1. The van der Waals surface area contributed by atoms with E-state index < -0.39 is 17.6 Å². The standard InChI is InChI=1S/C26H23F3N4O2/c1-16-5-6-17(23-19(24(30)34)3-2-4-21(23)26(27,28)29)13-20(16)18-14-22(32-9-11-35-12-10-32)25-31-7-8-33(25)15-18/h2-8,13-15H,9-12H2,1H3,(H2,30,34). The zero-order valence-corrected chi connectivity index (χ0v) is 19.0. The van der Waals surface area contributed by atoms with Gasteiger partial charge in [-0.2, -0.15) is 13.2 Å². The highest BCUT2D eigenvalue weighted by atomic mass is 19.4. The summed E-state index contributed by atoms with van der Waals surface area (Å²) in [6, 6.07) is 10.5. The highest BCUT2D eigenvalue weighted by molar-refractivity contribution is 6.01. The lowest BCUT2D eigenvalue weighted by Gasteiger charge is -2.29. The van der Waals surface area contributed by atoms with E-state index in [1.807, 2.05) is 29.8 Å². The zero-order chi connectivity index (χ0) is 24.7. The maximum Gasteiger partial charge on any atom is 0.417 e. The molecule has 180 valence electrons. The molecule has 0 radical (unpaired) electrons. The SMILES string of the molecule is Cc1ccc(-c2c(C(N)=O)cccc2C(F)(F)F)cc1-c1cc(N2CCOCC2)c2nccn2c1. The van der Waals surface area contributed by atoms with Crippen LogP contribution in [0.3, 0.4) is 0 Å². The van der Waals surface area contributed by atoms with Crippen molar-refractivity contribution < 1.29 is 22.7 Å². The molecular weight excluding hydrogens is 457 g/mol. The van der Waals surface area contributed by atoms with E-state index in [0.29, 0.717) is 26.3 Å². The molecule has 1 saturated heterocycles. The van der Waals surface area contributed by atoms with Gasteiger partial charge in [-0.05, 0) is 47.9 Å². The highest BCUT2D eigenvalue weighted by Gasteiger charge is 2.35. The van der Waals surface area contributed by atoms with E-state index in [-0.39, 0.29) is 16.7 Å². The summed E-state index contributed by atoms with van der Waals surface area (Å²) in [4.78, 5) is 18.7. The van der Waals surface area contributed by atoms with Crippen molar-refractivity contribution in [1.29, 1.82) is 0 Å². The summed E-state index contributed by atoms with van der Waals surface area (Å²) in [6.45, 7) is 4.54. The number of primary amides is 1. The Morgan fingerprint density at radius 1 is 1.09 bits per heavy atom. The van der Waals surface area contributed by atoms with Gasteiger partial charge in [-0.25, -0.2) is 4.98 Å². The third-order valence-corrected chi connectivity index (χ3v) is 6.29. The molecule has 9 heteroatoms. The number of ether oxygens (including phenoxy) is 1. The van der Waals surface area contributed by atoms with Crippen LogP contribution in [0.25, 0.3) is 27.9 Å². The molecule has 2 aromatic heterocycles. The van der Waals surface area contributed by atoms with Crippen LogP contribution in [0.1, 0.15) is 21.5 Å². The molecule has 0 spiro atoms. The minimum atomic E-state index is -4.65. The van der Waals surface area contributed by atoms with Crippen molar-refractivity contribution in [2.45, 2.75) is 13.1 Å². The lowest BCUT2D eigenvalue weighted by atomic mass is 9.90. The van der Waals surface area contributed by atoms with Crippen LogP contribution in [-0.2, 0) is 10.9 Å². The Morgan fingerprint density at radius 2 is 1.86 bits per heavy atom. The van der Waals surface area contributed by atoms with Crippen molar-refractivity contribution in [2.24, 2.45) is 5.73 Å². The minimum Gasteiger partial charge on any atom is -0.378 e. The number of hydrogen-bond acceptors (Lipinski definition) is 4. The zero-order valence-electron chi connectivity index (χ0n) is 19.0. The summed E-state index contributed by atoms with van der Waals surface area (Å²) in [5.41, 5.74) is 8.61. The van der Waals surface area contributed by atoms with Crippen LogP contribution < -0.4 is 10.6 Å². The molecule has 1 aliphatic rings. The smallest absolute Gasteiger partial charge is 0.378 e. The van der Waals surface area contributed by atoms with Gasteiger partial charge in [0.15, 0.2) is 5.65 Å². The minimum absolute atomic E-state index is 0.173. The Labute approximate surface area is 199 Å². The molecule has 0 unspecified atom stereocenters. The van der Waals surface area contributed by atoms with Gasteiger partial charge in [-0.3, -0.25) is 4.79 Å². The van der Waals surface area contributed by atoms with Crippen molar-refractivity contribution in [3.8, 4) is 22.3 Å². The number of fused-ring (bicyclic) bond motifs is 1. The fraction of sp³-hybridized carbons (Fsp3) is 0.231. The fourth-order valence-corrected chi connectivity index (χ4v) is 4.59. The molecule has 0 aliphatic carbocycles. The predicted molar refractivity (Wildman–Crippen MR) is 127 cm³/mol. The number of imidazole rings is 1. The number of alkyl halides is 3. The largest absolute Gasteiger partial charge is 0.417 e. The monoisotopic (exact) mass is 480 g/mol. The molecule has 3 heterocycles. The maximum atomic E-state index is 13.9. The van der Waals surface area contributed by atoms with Gasteiger partial charge in [0.25, 0.3) is 0 Å². The van der Waals surface area contributed by atoms with E-state index in [9.17, 15) is 18.0 Å². The van der Waals surface area contributed by atoms with E-state index in [4.69, 9.17) is 10.5 Å². The number of pyridine rings is 1. The summed E-state index contributed by atoms with van der Waals surface area (Å²) >= 11 is 0. The number of halogens is 3. The van der Waals surface area contributed by atoms with Crippen LogP contribution in [0.4, 0.5) is 18.9 Å². The van der Waals surface area contributed by atoms with Crippen molar-refractivity contribution in [3.63, 3.8) is 0 Å². The van der Waals surface area contributed by atoms with E-state index in [2.05, 4.69) is 9.88 Å². The van der Waals surface area contributed by atoms with Crippen LogP contribution in [-0.4, -0.2) is 41.6 Å². The molecule has 1 fully saturated rings. The van der Waals surface area contributed by atoms with Gasteiger partial charge in [0.2, 0.25) is 5.91 Å². The lowest BCUT2D eigenvalue weighted by molar-refractivity contribution is -0.137. The molecule has 2 N–H and O–H groups in total. The second-order valence-electron chi connectivity index (χ2n) is 8.49. The van der Waals surface area contributed by atoms with Crippen LogP contribution in [0.2, 0.25) is 0 Å². The first-order chi connectivity index (χ1) is 16.7. The Bertz CT molecular complexity index is 1420. The normalized spacial score (nSPS) is 14.5. The number of anilines is 1. The summed E-state index contributed by atoms with van der Waals surface area (Å²) < 4.78 is 49.1. The highest BCUT2D eigenvalue weighted by Crippen LogP contribution is 2.41. The molecule has 0 saturated carbocycles. The molecule has 1 aliphatic heterocycles. The number of nitrogens with two attached hydrogens (primary N) is 1. The summed E-state index contributed by atoms with van der Waals surface area (Å²) in [5.74, 6) is -0.914. The summed E-state index contributed by atoms with van der Waals surface area (Å²) in [6.07, 6.45) is 0.811. The van der Waals surface area contributed by atoms with E-state index in [0.717, 1.165) is 34.1 Å². The number of carbonyl (C=O) groups excluding carboxylic acids is 1. The Balaban J connectivity index is 1.71. The molecule has 5 rings (SSSR count). The predicted octanol–water partition coefficient (Wildman–Crippen LogP) is 4.93. The first-order valence-electron chi connectivity index (χ1n) is 11.1. The second-order valence-corrected chi connectivity index (χ2v) is 8.49. The third-order valence-electron chi connectivity index (χ3n) is 6.29. The topological polar surface area (TPSA) is 72.9 Å². The van der Waals surface area contributed by atoms with Gasteiger partial charge in [-0.15, -0.1) is 0 Å². The third kappa shape index (κ3) is 4.23. The quantitative estimate of drug-likeness (QED) is 0.450. The maximum absolute atomic E-state index is 13.9. The average Bonchev–Trinajstić information content (AvgIpc) is 3.32. The summed E-state index contributed by atoms with van der Waals surface area (Å²) in [7, 11) is 0. The van der Waals surface area contributed by atoms with Crippen LogP contribution in [0, 0.1) is 6.92 Å². The molecular formula is C26H23F3N4O2. The van der Waals surface area contributed by atoms with Crippen molar-refractivity contribution in [3.05, 3.63) is 77.7 Å². The number of carbonyl (C=O) groups is 1. The molecule has 0 atom stereocenters. The van der Waals surface area contributed by atoms with E-state index >= 15 is 0 Å². The number of aromatic nitrogens is 2. The molecule has 1 amide bonds. The molecule has 35 heavy (non-hydrogen) atoms. The van der Waals surface area contributed by atoms with Crippen molar-refractivity contribution in [1.82, 2.24) is 9.38 Å². The first-order valence-corrected chi connectivity index (χ1v) is 11.1. The Morgan fingerprint density at radius 3 is 2.57 bits per heavy atom. The van der Waals surface area contributed by atoms with Gasteiger partial charge >= 0.3 is 6.18 Å². The molecule has 4 aromatic rings. The fourth-order valence-electron chi connectivity index (χ4n) is 4.59. The number of aryl methyl sites for hydroxylation is 1. The number of rotatable bonds is 4. The van der Waals surface area contributed by atoms with Crippen LogP contribution in [0.5, 0.6) is 0 Å². The average molecular weight is 480 g/mol. The van der Waals surface area contributed by atoms with Gasteiger partial charge in [0.1, 0.15) is 0 Å². The Hall–Kier alpha value is -3.85. The van der Waals surface area contributed by atoms with E-state index in [1.165, 1.54) is 12.1 Å². The molecule has 2 aromatic carbocycles. The van der Waals surface area contributed by atoms with Crippen LogP contribution in [0.15, 0.2) is 61.1 Å². The number of nitrogens with zero attached hydrogens (tertiary/aromatic N) is 3. The van der Waals surface area contributed by atoms with Gasteiger partial charge in [0.05, 0.1) is 24.5 Å². The lowest BCUT2D eigenvalue weighted by Crippen LogP contribution is -2.36. The number of benzene rings is 2. The number of hydrogen-bond donors (Lipinski definition) is 1. The van der Waals surface area contributed by atoms with E-state index in [1.54, 1.807) is 24.4 Å². The molecule has 0 bridgehead atoms. The second kappa shape index (κ2) is 8.74. The van der Waals surface area contributed by atoms with Gasteiger partial charge in [-0.1, -0.05) is 18.2 Å². The van der Waals surface area contributed by atoms with Gasteiger partial charge in [0, 0.05) is 48.4 Å². The number of morpholine rings is 1. The Kier molecular flexibility index (Phi) is 5.72. The van der Waals surface area contributed by atoms with Crippen molar-refractivity contribution >= 4 is 17.2 Å². The molecule has 6 nitrogen and oxygen atoms in total. The summed E-state index contributed by atoms with van der Waals surface area (Å²) in [5, 5.41) is 0. The van der Waals surface area contributed by atoms with Gasteiger partial charge < -0.3 is 19.8 Å². The van der Waals surface area contributed by atoms with Crippen LogP contribution >= 0.6 is 0 Å². The first kappa shape index (κ1) is 22.9. The van der Waals surface area contributed by atoms with Crippen molar-refractivity contribution in [2.75, 3.05) is 31.2 Å².